The van der Waals surface area contributed by atoms with Gasteiger partial charge in [-0.1, -0.05) is 58.3 Å². The molecule has 10 heteroatoms. The number of halogens is 3. The number of nitrogens with zero attached hydrogens (tertiary/aromatic N) is 3. The molecule has 5 rings (SSSR count). The third-order valence-electron chi connectivity index (χ3n) is 8.65. The summed E-state index contributed by atoms with van der Waals surface area (Å²) in [5.41, 5.74) is 9.32. The van der Waals surface area contributed by atoms with E-state index in [1.807, 2.05) is 52.9 Å². The minimum Gasteiger partial charge on any atom is -0.494 e. The second kappa shape index (κ2) is 13.6. The molecule has 2 fully saturated rings. The van der Waals surface area contributed by atoms with Crippen LogP contribution in [0.2, 0.25) is 10.0 Å². The summed E-state index contributed by atoms with van der Waals surface area (Å²) >= 11 is 15.2. The van der Waals surface area contributed by atoms with Crippen LogP contribution in [-0.2, 0) is 11.8 Å². The van der Waals surface area contributed by atoms with Crippen LogP contribution >= 0.6 is 45.8 Å². The second-order valence-corrected chi connectivity index (χ2v) is 13.0. The van der Waals surface area contributed by atoms with Gasteiger partial charge >= 0.3 is 0 Å². The Kier molecular flexibility index (Phi) is 10.1. The Bertz CT molecular complexity index is 1430. The number of piperidine rings is 2. The highest BCUT2D eigenvalue weighted by Gasteiger charge is 2.46. The number of carbonyl (C=O) groups excluding carboxylic acids is 2. The number of rotatable bonds is 9. The molecule has 0 radical (unpaired) electrons. The van der Waals surface area contributed by atoms with E-state index >= 15 is 0 Å². The van der Waals surface area contributed by atoms with E-state index in [4.69, 9.17) is 33.7 Å². The monoisotopic (exact) mass is 722 g/mol. The van der Waals surface area contributed by atoms with E-state index in [9.17, 15) is 9.59 Å². The summed E-state index contributed by atoms with van der Waals surface area (Å²) < 4.78 is 8.85. The van der Waals surface area contributed by atoms with Crippen LogP contribution in [0.15, 0.2) is 48.5 Å². The molecule has 0 bridgehead atoms. The van der Waals surface area contributed by atoms with E-state index in [2.05, 4.69) is 27.5 Å². The lowest BCUT2D eigenvalue weighted by Crippen LogP contribution is -2.63. The molecule has 0 atom stereocenters. The summed E-state index contributed by atoms with van der Waals surface area (Å²) in [5.74, 6) is 0.449. The molecular weight excluding hydrogens is 686 g/mol. The van der Waals surface area contributed by atoms with Crippen molar-refractivity contribution in [2.45, 2.75) is 44.1 Å². The summed E-state index contributed by atoms with van der Waals surface area (Å²) in [7, 11) is 1.91. The number of ether oxygens (including phenoxy) is 1. The first kappa shape index (κ1) is 31.2. The van der Waals surface area contributed by atoms with Crippen LogP contribution in [0.5, 0.6) is 5.75 Å². The maximum Gasteiger partial charge on any atom is 0.270 e. The highest BCUT2D eigenvalue weighted by molar-refractivity contribution is 14.1. The van der Waals surface area contributed by atoms with Gasteiger partial charge < -0.3 is 19.9 Å². The molecule has 1 aromatic heterocycles. The molecule has 2 aromatic carbocycles. The predicted octanol–water partition coefficient (Wildman–Crippen LogP) is 6.82. The molecule has 42 heavy (non-hydrogen) atoms. The van der Waals surface area contributed by atoms with E-state index in [-0.39, 0.29) is 11.8 Å². The average molecular weight is 723 g/mol. The van der Waals surface area contributed by atoms with Crippen molar-refractivity contribution in [1.29, 1.82) is 0 Å². The van der Waals surface area contributed by atoms with Gasteiger partial charge in [0.15, 0.2) is 0 Å². The maximum atomic E-state index is 14.0. The SMILES string of the molecule is Cn1c(C(=O)N2CCC(C(N)=O)(N3CCCCC3)CC2)cc(-c2ccc(Cl)cc2Cl)c1-c1ccc(OCCCI)cc1. The van der Waals surface area contributed by atoms with Gasteiger partial charge in [0.1, 0.15) is 17.0 Å². The van der Waals surface area contributed by atoms with Gasteiger partial charge in [-0.05, 0) is 93.2 Å². The molecule has 3 aromatic rings. The van der Waals surface area contributed by atoms with Gasteiger partial charge in [0.25, 0.3) is 5.91 Å². The quantitative estimate of drug-likeness (QED) is 0.150. The van der Waals surface area contributed by atoms with Crippen molar-refractivity contribution in [2.24, 2.45) is 12.8 Å². The van der Waals surface area contributed by atoms with Gasteiger partial charge in [-0.2, -0.15) is 0 Å². The molecule has 224 valence electrons. The van der Waals surface area contributed by atoms with Crippen molar-refractivity contribution in [1.82, 2.24) is 14.4 Å². The minimum absolute atomic E-state index is 0.0782. The summed E-state index contributed by atoms with van der Waals surface area (Å²) in [6, 6.07) is 15.3. The fraction of sp³-hybridized carbons (Fsp3) is 0.438. The smallest absolute Gasteiger partial charge is 0.270 e. The minimum atomic E-state index is -0.681. The van der Waals surface area contributed by atoms with Crippen LogP contribution in [0.25, 0.3) is 22.4 Å². The van der Waals surface area contributed by atoms with Crippen LogP contribution in [0.4, 0.5) is 0 Å². The number of amides is 2. The summed E-state index contributed by atoms with van der Waals surface area (Å²) in [6.07, 6.45) is 5.40. The van der Waals surface area contributed by atoms with Crippen LogP contribution in [0.1, 0.15) is 49.0 Å². The lowest BCUT2D eigenvalue weighted by atomic mass is 9.83. The van der Waals surface area contributed by atoms with Crippen LogP contribution < -0.4 is 10.5 Å². The van der Waals surface area contributed by atoms with E-state index in [1.54, 1.807) is 12.1 Å². The number of nitrogens with two attached hydrogens (primary N) is 1. The number of benzene rings is 2. The molecular formula is C32H37Cl2IN4O3. The first-order chi connectivity index (χ1) is 20.2. The Morgan fingerprint density at radius 2 is 1.64 bits per heavy atom. The van der Waals surface area contributed by atoms with Gasteiger partial charge in [0.05, 0.1) is 12.3 Å². The van der Waals surface area contributed by atoms with Crippen molar-refractivity contribution in [3.63, 3.8) is 0 Å². The summed E-state index contributed by atoms with van der Waals surface area (Å²) in [6.45, 7) is 3.37. The highest BCUT2D eigenvalue weighted by Crippen LogP contribution is 2.40. The fourth-order valence-electron chi connectivity index (χ4n) is 6.31. The van der Waals surface area contributed by atoms with Gasteiger partial charge in [-0.15, -0.1) is 0 Å². The molecule has 0 saturated carbocycles. The number of primary amides is 1. The Balaban J connectivity index is 1.46. The standard InChI is InChI=1S/C32H37Cl2IN4O3/c1-37-28(30(40)38-17-12-32(13-18-38,31(36)41)39-15-3-2-4-16-39)21-26(25-11-8-23(33)20-27(25)34)29(37)22-6-9-24(10-7-22)42-19-5-14-35/h6-11,20-21H,2-5,12-19H2,1H3,(H2,36,41). The lowest BCUT2D eigenvalue weighted by molar-refractivity contribution is -0.134. The molecule has 2 aliphatic heterocycles. The van der Waals surface area contributed by atoms with E-state index in [0.29, 0.717) is 48.3 Å². The predicted molar refractivity (Wildman–Crippen MR) is 178 cm³/mol. The number of hydrogen-bond acceptors (Lipinski definition) is 4. The van der Waals surface area contributed by atoms with Crippen molar-refractivity contribution in [3.8, 4) is 28.1 Å². The molecule has 0 unspecified atom stereocenters. The zero-order chi connectivity index (χ0) is 29.9. The fourth-order valence-corrected chi connectivity index (χ4v) is 7.13. The Hall–Kier alpha value is -2.27. The number of likely N-dealkylation sites (tertiary alicyclic amines) is 2. The largest absolute Gasteiger partial charge is 0.494 e. The maximum absolute atomic E-state index is 14.0. The summed E-state index contributed by atoms with van der Waals surface area (Å²) in [4.78, 5) is 30.9. The first-order valence-electron chi connectivity index (χ1n) is 14.5. The van der Waals surface area contributed by atoms with Gasteiger partial charge in [-0.25, -0.2) is 0 Å². The number of alkyl halides is 1. The zero-order valence-electron chi connectivity index (χ0n) is 23.9. The van der Waals surface area contributed by atoms with Crippen LogP contribution in [-0.4, -0.2) is 68.9 Å². The van der Waals surface area contributed by atoms with E-state index in [0.717, 1.165) is 64.9 Å². The lowest BCUT2D eigenvalue weighted by Gasteiger charge is -2.48. The number of carbonyl (C=O) groups is 2. The van der Waals surface area contributed by atoms with Gasteiger partial charge in [0, 0.05) is 45.7 Å². The van der Waals surface area contributed by atoms with Gasteiger partial charge in [-0.3, -0.25) is 14.5 Å². The zero-order valence-corrected chi connectivity index (χ0v) is 27.6. The van der Waals surface area contributed by atoms with Crippen molar-refractivity contribution in [2.75, 3.05) is 37.2 Å². The van der Waals surface area contributed by atoms with Gasteiger partial charge in [0.2, 0.25) is 5.91 Å². The molecule has 3 heterocycles. The van der Waals surface area contributed by atoms with Crippen LogP contribution in [0.3, 0.4) is 0 Å². The van der Waals surface area contributed by atoms with Crippen molar-refractivity contribution >= 4 is 57.6 Å². The van der Waals surface area contributed by atoms with E-state index < -0.39 is 5.54 Å². The Morgan fingerprint density at radius 3 is 2.26 bits per heavy atom. The third kappa shape index (κ3) is 6.32. The highest BCUT2D eigenvalue weighted by atomic mass is 127. The van der Waals surface area contributed by atoms with E-state index in [1.165, 1.54) is 6.42 Å². The van der Waals surface area contributed by atoms with Crippen molar-refractivity contribution < 1.29 is 14.3 Å². The Labute approximate surface area is 271 Å². The molecule has 2 amide bonds. The second-order valence-electron chi connectivity index (χ2n) is 11.1. The Morgan fingerprint density at radius 1 is 0.952 bits per heavy atom. The molecule has 7 nitrogen and oxygen atoms in total. The third-order valence-corrected chi connectivity index (χ3v) is 9.96. The molecule has 0 spiro atoms. The molecule has 2 N–H and O–H groups in total. The van der Waals surface area contributed by atoms with Crippen LogP contribution in [0, 0.1) is 0 Å². The first-order valence-corrected chi connectivity index (χ1v) is 16.8. The topological polar surface area (TPSA) is 80.8 Å². The number of aromatic nitrogens is 1. The normalized spacial score (nSPS) is 17.3. The molecule has 0 aliphatic carbocycles. The number of hydrogen-bond donors (Lipinski definition) is 1. The van der Waals surface area contributed by atoms with Crippen molar-refractivity contribution in [3.05, 3.63) is 64.3 Å². The molecule has 2 saturated heterocycles. The summed E-state index contributed by atoms with van der Waals surface area (Å²) in [5, 5.41) is 1.06. The molecule has 2 aliphatic rings. The average Bonchev–Trinajstić information content (AvgIpc) is 3.34.